The number of carbonyl (C=O) groups is 1. The van der Waals surface area contributed by atoms with Gasteiger partial charge in [-0.25, -0.2) is 13.1 Å². The molecule has 2 aromatic rings. The molecule has 0 spiro atoms. The number of nitro benzene ring substituents is 1. The Kier molecular flexibility index (Phi) is 8.33. The Hall–Kier alpha value is -3.07. The molecule has 14 heteroatoms. The second-order valence-corrected chi connectivity index (χ2v) is 11.0. The lowest BCUT2D eigenvalue weighted by atomic mass is 10.1. The van der Waals surface area contributed by atoms with E-state index in [1.54, 1.807) is 6.92 Å². The van der Waals surface area contributed by atoms with E-state index in [9.17, 15) is 23.3 Å². The number of nitro groups is 1. The number of nitrogens with zero attached hydrogens (tertiary/aromatic N) is 4. The SMILES string of the molecule is COCCNC(=O)c1nn(C(C)(C)C)c(Oc2ccc([N+](=O)[O-])cc2S(=O)(=O)N2CCOCC2)c1C. The van der Waals surface area contributed by atoms with Gasteiger partial charge in [0.2, 0.25) is 15.9 Å². The average Bonchev–Trinajstić information content (AvgIpc) is 3.16. The van der Waals surface area contributed by atoms with Gasteiger partial charge in [-0.05, 0) is 33.8 Å². The van der Waals surface area contributed by atoms with Gasteiger partial charge in [-0.3, -0.25) is 14.9 Å². The lowest BCUT2D eigenvalue weighted by molar-refractivity contribution is -0.385. The molecule has 1 aromatic carbocycles. The molecule has 2 heterocycles. The highest BCUT2D eigenvalue weighted by molar-refractivity contribution is 7.89. The van der Waals surface area contributed by atoms with E-state index >= 15 is 0 Å². The minimum Gasteiger partial charge on any atom is -0.438 e. The summed E-state index contributed by atoms with van der Waals surface area (Å²) in [5.41, 5.74) is -0.549. The van der Waals surface area contributed by atoms with Crippen molar-refractivity contribution in [3.05, 3.63) is 39.6 Å². The van der Waals surface area contributed by atoms with Crippen LogP contribution in [0.3, 0.4) is 0 Å². The lowest BCUT2D eigenvalue weighted by Gasteiger charge is -2.27. The van der Waals surface area contributed by atoms with E-state index in [0.717, 1.165) is 6.07 Å². The topological polar surface area (TPSA) is 155 Å². The summed E-state index contributed by atoms with van der Waals surface area (Å²) in [7, 11) is -2.64. The minimum absolute atomic E-state index is 0.106. The molecule has 1 N–H and O–H groups in total. The third-order valence-electron chi connectivity index (χ3n) is 5.44. The Morgan fingerprint density at radius 3 is 2.53 bits per heavy atom. The Bertz CT molecular complexity index is 1230. The predicted octanol–water partition coefficient (Wildman–Crippen LogP) is 2.04. The number of hydrogen-bond donors (Lipinski definition) is 1. The zero-order valence-electron chi connectivity index (χ0n) is 20.9. The van der Waals surface area contributed by atoms with Crippen LogP contribution < -0.4 is 10.1 Å². The number of benzene rings is 1. The normalized spacial score (nSPS) is 15.0. The molecule has 0 radical (unpaired) electrons. The molecule has 0 saturated carbocycles. The maximum absolute atomic E-state index is 13.5. The fraction of sp³-hybridized carbons (Fsp3) is 0.545. The third-order valence-corrected chi connectivity index (χ3v) is 7.36. The highest BCUT2D eigenvalue weighted by Gasteiger charge is 2.33. The van der Waals surface area contributed by atoms with Crippen LogP contribution in [0, 0.1) is 17.0 Å². The van der Waals surface area contributed by atoms with Crippen LogP contribution in [-0.4, -0.2) is 79.9 Å². The van der Waals surface area contributed by atoms with E-state index in [2.05, 4.69) is 10.4 Å². The summed E-state index contributed by atoms with van der Waals surface area (Å²) in [5.74, 6) is -0.416. The molecule has 1 saturated heterocycles. The number of amides is 1. The minimum atomic E-state index is -4.15. The van der Waals surface area contributed by atoms with Gasteiger partial charge in [0, 0.05) is 44.4 Å². The number of non-ortho nitro benzene ring substituents is 1. The summed E-state index contributed by atoms with van der Waals surface area (Å²) in [6.07, 6.45) is 0. The molecule has 0 atom stereocenters. The lowest BCUT2D eigenvalue weighted by Crippen LogP contribution is -2.40. The van der Waals surface area contributed by atoms with Crippen molar-refractivity contribution in [2.24, 2.45) is 0 Å². The van der Waals surface area contributed by atoms with Crippen LogP contribution >= 0.6 is 0 Å². The molecule has 0 bridgehead atoms. The van der Waals surface area contributed by atoms with Crippen LogP contribution in [0.15, 0.2) is 23.1 Å². The number of hydrogen-bond acceptors (Lipinski definition) is 9. The molecule has 0 unspecified atom stereocenters. The zero-order valence-corrected chi connectivity index (χ0v) is 21.8. The van der Waals surface area contributed by atoms with Crippen LogP contribution in [0.1, 0.15) is 36.8 Å². The number of sulfonamides is 1. The smallest absolute Gasteiger partial charge is 0.272 e. The molecular formula is C22H31N5O8S. The summed E-state index contributed by atoms with van der Waals surface area (Å²) in [4.78, 5) is 23.1. The van der Waals surface area contributed by atoms with Crippen LogP contribution in [-0.2, 0) is 25.0 Å². The molecule has 1 aromatic heterocycles. The van der Waals surface area contributed by atoms with Gasteiger partial charge in [-0.15, -0.1) is 0 Å². The van der Waals surface area contributed by atoms with Crippen LogP contribution in [0.2, 0.25) is 0 Å². The summed E-state index contributed by atoms with van der Waals surface area (Å²) in [6.45, 7) is 8.41. The molecule has 13 nitrogen and oxygen atoms in total. The molecule has 1 aliphatic rings. The first-order valence-electron chi connectivity index (χ1n) is 11.3. The number of ether oxygens (including phenoxy) is 3. The van der Waals surface area contributed by atoms with Crippen LogP contribution in [0.5, 0.6) is 11.6 Å². The maximum Gasteiger partial charge on any atom is 0.272 e. The second kappa shape index (κ2) is 10.9. The van der Waals surface area contributed by atoms with E-state index in [4.69, 9.17) is 14.2 Å². The number of aromatic nitrogens is 2. The maximum atomic E-state index is 13.5. The van der Waals surface area contributed by atoms with Gasteiger partial charge in [0.25, 0.3) is 11.6 Å². The van der Waals surface area contributed by atoms with Crippen molar-refractivity contribution in [3.8, 4) is 11.6 Å². The molecular weight excluding hydrogens is 494 g/mol. The summed E-state index contributed by atoms with van der Waals surface area (Å²) in [5, 5.41) is 18.6. The van der Waals surface area contributed by atoms with E-state index in [1.165, 1.54) is 28.2 Å². The number of methoxy groups -OCH3 is 1. The van der Waals surface area contributed by atoms with Crippen LogP contribution in [0.4, 0.5) is 5.69 Å². The Labute approximate surface area is 209 Å². The van der Waals surface area contributed by atoms with Crippen molar-refractivity contribution in [2.45, 2.75) is 38.1 Å². The largest absolute Gasteiger partial charge is 0.438 e. The fourth-order valence-corrected chi connectivity index (χ4v) is 5.09. The number of carbonyl (C=O) groups excluding carboxylic acids is 1. The summed E-state index contributed by atoms with van der Waals surface area (Å²) < 4.78 is 45.9. The highest BCUT2D eigenvalue weighted by Crippen LogP contribution is 2.37. The first-order chi connectivity index (χ1) is 16.9. The van der Waals surface area contributed by atoms with Gasteiger partial charge in [-0.2, -0.15) is 9.40 Å². The van der Waals surface area contributed by atoms with Gasteiger partial charge in [-0.1, -0.05) is 0 Å². The van der Waals surface area contributed by atoms with Crippen molar-refractivity contribution < 1.29 is 32.3 Å². The van der Waals surface area contributed by atoms with Crippen LogP contribution in [0.25, 0.3) is 0 Å². The molecule has 1 fully saturated rings. The zero-order chi connectivity index (χ0) is 26.7. The third kappa shape index (κ3) is 5.83. The van der Waals surface area contributed by atoms with Crippen molar-refractivity contribution in [1.29, 1.82) is 0 Å². The van der Waals surface area contributed by atoms with Gasteiger partial charge >= 0.3 is 0 Å². The first-order valence-corrected chi connectivity index (χ1v) is 12.7. The van der Waals surface area contributed by atoms with Gasteiger partial charge < -0.3 is 19.5 Å². The molecule has 1 aliphatic heterocycles. The monoisotopic (exact) mass is 525 g/mol. The Balaban J connectivity index is 2.10. The number of rotatable bonds is 9. The van der Waals surface area contributed by atoms with Gasteiger partial charge in [0.15, 0.2) is 5.69 Å². The van der Waals surface area contributed by atoms with Crippen molar-refractivity contribution >= 4 is 21.6 Å². The Morgan fingerprint density at radius 2 is 1.94 bits per heavy atom. The molecule has 198 valence electrons. The fourth-order valence-electron chi connectivity index (χ4n) is 3.55. The predicted molar refractivity (Wildman–Crippen MR) is 129 cm³/mol. The number of morpholine rings is 1. The van der Waals surface area contributed by atoms with Crippen molar-refractivity contribution in [1.82, 2.24) is 19.4 Å². The summed E-state index contributed by atoms with van der Waals surface area (Å²) in [6, 6.07) is 3.38. The van der Waals surface area contributed by atoms with E-state index in [-0.39, 0.29) is 55.1 Å². The standard InChI is InChI=1S/C22H31N5O8S/c1-15-19(20(28)23-8-11-33-5)24-26(22(2,3)4)21(15)35-17-7-6-16(27(29)30)14-18(17)36(31,32)25-9-12-34-13-10-25/h6-7,14H,8-13H2,1-5H3,(H,23,28). The summed E-state index contributed by atoms with van der Waals surface area (Å²) >= 11 is 0. The second-order valence-electron chi connectivity index (χ2n) is 9.12. The van der Waals surface area contributed by atoms with Gasteiger partial charge in [0.1, 0.15) is 10.6 Å². The number of nitrogens with one attached hydrogen (secondary N) is 1. The van der Waals surface area contributed by atoms with Crippen molar-refractivity contribution in [3.63, 3.8) is 0 Å². The molecule has 3 rings (SSSR count). The van der Waals surface area contributed by atoms with Crippen molar-refractivity contribution in [2.75, 3.05) is 46.6 Å². The first kappa shape index (κ1) is 27.5. The molecule has 1 amide bonds. The molecule has 36 heavy (non-hydrogen) atoms. The van der Waals surface area contributed by atoms with E-state index in [1.807, 2.05) is 20.8 Å². The quantitative estimate of drug-likeness (QED) is 0.294. The average molecular weight is 526 g/mol. The Morgan fingerprint density at radius 1 is 1.28 bits per heavy atom. The van der Waals surface area contributed by atoms with Gasteiger partial charge in [0.05, 0.1) is 30.3 Å². The highest BCUT2D eigenvalue weighted by atomic mass is 32.2. The van der Waals surface area contributed by atoms with E-state index in [0.29, 0.717) is 12.2 Å². The molecule has 0 aliphatic carbocycles. The van der Waals surface area contributed by atoms with E-state index < -0.39 is 32.1 Å².